The molecule has 3 N–H and O–H groups in total. The molecule has 0 aliphatic rings. The summed E-state index contributed by atoms with van der Waals surface area (Å²) in [6.07, 6.45) is 0.406. The van der Waals surface area contributed by atoms with Crippen LogP contribution in [0.3, 0.4) is 0 Å². The Hall–Kier alpha value is -1.06. The highest BCUT2D eigenvalue weighted by Crippen LogP contribution is 2.15. The summed E-state index contributed by atoms with van der Waals surface area (Å²) < 4.78 is 0. The van der Waals surface area contributed by atoms with Gasteiger partial charge in [-0.2, -0.15) is 0 Å². The van der Waals surface area contributed by atoms with Crippen LogP contribution in [0.4, 0.5) is 0 Å². The molecule has 0 heterocycles. The second-order valence-electron chi connectivity index (χ2n) is 4.99. The van der Waals surface area contributed by atoms with Crippen LogP contribution in [0.15, 0.2) is 30.3 Å². The Morgan fingerprint density at radius 1 is 1.33 bits per heavy atom. The normalized spacial score (nSPS) is 13.6. The number of benzene rings is 1. The summed E-state index contributed by atoms with van der Waals surface area (Å²) in [6.45, 7) is 6.57. The zero-order valence-corrected chi connectivity index (χ0v) is 12.1. The summed E-state index contributed by atoms with van der Waals surface area (Å²) in [5.74, 6) is 0.338. The number of carbonyl (C=O) groups is 1. The van der Waals surface area contributed by atoms with Gasteiger partial charge < -0.3 is 11.1 Å². The fourth-order valence-electron chi connectivity index (χ4n) is 1.58. The van der Waals surface area contributed by atoms with E-state index in [0.717, 1.165) is 5.56 Å². The lowest BCUT2D eigenvalue weighted by atomic mass is 9.88. The Labute approximate surface area is 116 Å². The largest absolute Gasteiger partial charge is 0.349 e. The van der Waals surface area contributed by atoms with Gasteiger partial charge in [0.2, 0.25) is 5.91 Å². The van der Waals surface area contributed by atoms with E-state index in [0.29, 0.717) is 18.9 Å². The number of carbonyl (C=O) groups excluding carboxylic acids is 1. The van der Waals surface area contributed by atoms with Crippen molar-refractivity contribution in [2.45, 2.75) is 32.7 Å². The Balaban J connectivity index is 0.00000289. The molecule has 0 aliphatic heterocycles. The predicted octanol–water partition coefficient (Wildman–Crippen LogP) is 2.14. The van der Waals surface area contributed by atoms with Gasteiger partial charge in [-0.05, 0) is 18.4 Å². The maximum Gasteiger partial charge on any atom is 0.224 e. The first-order valence-electron chi connectivity index (χ1n) is 6.03. The average Bonchev–Trinajstić information content (AvgIpc) is 2.29. The molecule has 0 saturated carbocycles. The molecule has 4 heteroatoms. The standard InChI is InChI=1S/C14H22N2O.ClH/c1-11(2)14(3,10-15)16-13(17)9-12-7-5-4-6-8-12;/h4-8,11H,9-10,15H2,1-3H3,(H,16,17);1H. The molecule has 1 rings (SSSR count). The Bertz CT molecular complexity index is 367. The van der Waals surface area contributed by atoms with E-state index in [4.69, 9.17) is 5.73 Å². The van der Waals surface area contributed by atoms with Gasteiger partial charge in [-0.25, -0.2) is 0 Å². The predicted molar refractivity (Wildman–Crippen MR) is 77.8 cm³/mol. The fraction of sp³-hybridized carbons (Fsp3) is 0.500. The average molecular weight is 271 g/mol. The second kappa shape index (κ2) is 7.39. The minimum absolute atomic E-state index is 0. The van der Waals surface area contributed by atoms with Crippen molar-refractivity contribution in [2.24, 2.45) is 11.7 Å². The number of rotatable bonds is 5. The van der Waals surface area contributed by atoms with E-state index in [9.17, 15) is 4.79 Å². The first-order valence-corrected chi connectivity index (χ1v) is 6.03. The highest BCUT2D eigenvalue weighted by atomic mass is 35.5. The van der Waals surface area contributed by atoms with Crippen molar-refractivity contribution in [3.8, 4) is 0 Å². The van der Waals surface area contributed by atoms with Gasteiger partial charge in [0.25, 0.3) is 0 Å². The van der Waals surface area contributed by atoms with Gasteiger partial charge in [-0.1, -0.05) is 44.2 Å². The quantitative estimate of drug-likeness (QED) is 0.861. The van der Waals surface area contributed by atoms with E-state index >= 15 is 0 Å². The summed E-state index contributed by atoms with van der Waals surface area (Å²) in [5, 5.41) is 3.03. The van der Waals surface area contributed by atoms with Gasteiger partial charge >= 0.3 is 0 Å². The summed E-state index contributed by atoms with van der Waals surface area (Å²) in [6, 6.07) is 9.73. The van der Waals surface area contributed by atoms with Crippen molar-refractivity contribution < 1.29 is 4.79 Å². The number of hydrogen-bond donors (Lipinski definition) is 2. The van der Waals surface area contributed by atoms with Crippen molar-refractivity contribution in [3.05, 3.63) is 35.9 Å². The number of nitrogens with two attached hydrogens (primary N) is 1. The molecule has 0 bridgehead atoms. The molecule has 1 aromatic carbocycles. The summed E-state index contributed by atoms with van der Waals surface area (Å²) in [7, 11) is 0. The Morgan fingerprint density at radius 3 is 2.33 bits per heavy atom. The van der Waals surface area contributed by atoms with E-state index in [1.54, 1.807) is 0 Å². The van der Waals surface area contributed by atoms with Gasteiger partial charge in [-0.3, -0.25) is 4.79 Å². The second-order valence-corrected chi connectivity index (χ2v) is 4.99. The van der Waals surface area contributed by atoms with E-state index in [2.05, 4.69) is 19.2 Å². The molecule has 0 spiro atoms. The highest BCUT2D eigenvalue weighted by Gasteiger charge is 2.28. The molecule has 1 amide bonds. The van der Waals surface area contributed by atoms with E-state index in [1.165, 1.54) is 0 Å². The first-order chi connectivity index (χ1) is 7.98. The number of amides is 1. The minimum atomic E-state index is -0.328. The molecule has 0 aromatic heterocycles. The maximum atomic E-state index is 11.9. The zero-order chi connectivity index (χ0) is 12.9. The van der Waals surface area contributed by atoms with E-state index < -0.39 is 0 Å². The van der Waals surface area contributed by atoms with Gasteiger partial charge in [0.15, 0.2) is 0 Å². The molecule has 102 valence electrons. The topological polar surface area (TPSA) is 55.1 Å². The fourth-order valence-corrected chi connectivity index (χ4v) is 1.58. The van der Waals surface area contributed by atoms with Crippen LogP contribution in [0.2, 0.25) is 0 Å². The van der Waals surface area contributed by atoms with Gasteiger partial charge in [0.1, 0.15) is 0 Å². The van der Waals surface area contributed by atoms with Gasteiger partial charge in [0.05, 0.1) is 12.0 Å². The summed E-state index contributed by atoms with van der Waals surface area (Å²) in [5.41, 5.74) is 6.43. The van der Waals surface area contributed by atoms with Crippen LogP contribution in [-0.2, 0) is 11.2 Å². The van der Waals surface area contributed by atoms with Crippen LogP contribution in [0.25, 0.3) is 0 Å². The molecular formula is C14H23ClN2O. The van der Waals surface area contributed by atoms with Crippen molar-refractivity contribution in [3.63, 3.8) is 0 Å². The van der Waals surface area contributed by atoms with Crippen molar-refractivity contribution in [1.29, 1.82) is 0 Å². The van der Waals surface area contributed by atoms with Crippen LogP contribution in [0.1, 0.15) is 26.3 Å². The van der Waals surface area contributed by atoms with Crippen LogP contribution in [-0.4, -0.2) is 18.0 Å². The van der Waals surface area contributed by atoms with E-state index in [-0.39, 0.29) is 23.9 Å². The molecule has 1 aromatic rings. The van der Waals surface area contributed by atoms with Crippen LogP contribution in [0, 0.1) is 5.92 Å². The SMILES string of the molecule is CC(C)C(C)(CN)NC(=O)Cc1ccccc1.Cl. The lowest BCUT2D eigenvalue weighted by molar-refractivity contribution is -0.122. The van der Waals surface area contributed by atoms with Gasteiger partial charge in [0, 0.05) is 6.54 Å². The molecule has 1 atom stereocenters. The van der Waals surface area contributed by atoms with Crippen molar-refractivity contribution in [1.82, 2.24) is 5.32 Å². The lowest BCUT2D eigenvalue weighted by Gasteiger charge is -2.33. The highest BCUT2D eigenvalue weighted by molar-refractivity contribution is 5.85. The Morgan fingerprint density at radius 2 is 1.89 bits per heavy atom. The first kappa shape index (κ1) is 16.9. The third-order valence-electron chi connectivity index (χ3n) is 3.33. The molecule has 3 nitrogen and oxygen atoms in total. The minimum Gasteiger partial charge on any atom is -0.349 e. The smallest absolute Gasteiger partial charge is 0.224 e. The zero-order valence-electron chi connectivity index (χ0n) is 11.3. The number of nitrogens with one attached hydrogen (secondary N) is 1. The maximum absolute atomic E-state index is 11.9. The lowest BCUT2D eigenvalue weighted by Crippen LogP contribution is -2.55. The number of hydrogen-bond acceptors (Lipinski definition) is 2. The van der Waals surface area contributed by atoms with Crippen LogP contribution < -0.4 is 11.1 Å². The van der Waals surface area contributed by atoms with E-state index in [1.807, 2.05) is 37.3 Å². The van der Waals surface area contributed by atoms with Crippen LogP contribution in [0.5, 0.6) is 0 Å². The molecule has 18 heavy (non-hydrogen) atoms. The Kier molecular flexibility index (Phi) is 6.96. The third kappa shape index (κ3) is 4.67. The molecule has 0 radical (unpaired) electrons. The monoisotopic (exact) mass is 270 g/mol. The number of halogens is 1. The molecule has 0 fully saturated rings. The third-order valence-corrected chi connectivity index (χ3v) is 3.33. The van der Waals surface area contributed by atoms with Crippen LogP contribution >= 0.6 is 12.4 Å². The molecule has 0 aliphatic carbocycles. The summed E-state index contributed by atoms with van der Waals surface area (Å²) >= 11 is 0. The van der Waals surface area contributed by atoms with Gasteiger partial charge in [-0.15, -0.1) is 12.4 Å². The van der Waals surface area contributed by atoms with Crippen molar-refractivity contribution in [2.75, 3.05) is 6.54 Å². The molecule has 1 unspecified atom stereocenters. The van der Waals surface area contributed by atoms with Crippen molar-refractivity contribution >= 4 is 18.3 Å². The summed E-state index contributed by atoms with van der Waals surface area (Å²) in [4.78, 5) is 11.9. The molecular weight excluding hydrogens is 248 g/mol. The molecule has 0 saturated heterocycles.